The third-order valence-corrected chi connectivity index (χ3v) is 8.19. The third kappa shape index (κ3) is 4.14. The Morgan fingerprint density at radius 1 is 1.11 bits per heavy atom. The predicted octanol–water partition coefficient (Wildman–Crippen LogP) is 2.99. The minimum Gasteiger partial charge on any atom is -0.508 e. The molecule has 9 heteroatoms. The second kappa shape index (κ2) is 9.06. The summed E-state index contributed by atoms with van der Waals surface area (Å²) in [6.45, 7) is 1.67. The van der Waals surface area contributed by atoms with E-state index in [-0.39, 0.29) is 46.7 Å². The van der Waals surface area contributed by atoms with Gasteiger partial charge in [-0.15, -0.1) is 0 Å². The number of phenolic OH excluding ortho intramolecular Hbond substituents is 1. The summed E-state index contributed by atoms with van der Waals surface area (Å²) in [5.74, 6) is 0.00854. The molecule has 0 radical (unpaired) electrons. The number of pyridine rings is 1. The van der Waals surface area contributed by atoms with Crippen LogP contribution in [0.2, 0.25) is 0 Å². The van der Waals surface area contributed by atoms with Gasteiger partial charge < -0.3 is 19.9 Å². The molecule has 4 heterocycles. The van der Waals surface area contributed by atoms with E-state index in [2.05, 4.69) is 10.2 Å². The van der Waals surface area contributed by atoms with Crippen molar-refractivity contribution in [3.8, 4) is 5.75 Å². The van der Waals surface area contributed by atoms with Crippen LogP contribution in [0.25, 0.3) is 0 Å². The minimum atomic E-state index is -0.396. The predicted molar refractivity (Wildman–Crippen MR) is 138 cm³/mol. The van der Waals surface area contributed by atoms with Gasteiger partial charge in [0, 0.05) is 61.2 Å². The normalized spacial score (nSPS) is 23.4. The molecular weight excluding hydrogens is 472 g/mol. The molecule has 3 aromatic rings. The van der Waals surface area contributed by atoms with Crippen LogP contribution < -0.4 is 15.8 Å². The number of carbonyl (C=O) groups excluding carboxylic acids is 1. The van der Waals surface area contributed by atoms with Crippen LogP contribution in [0.3, 0.4) is 0 Å². The molecule has 0 unspecified atom stereocenters. The van der Waals surface area contributed by atoms with E-state index in [9.17, 15) is 24.8 Å². The molecule has 1 fully saturated rings. The van der Waals surface area contributed by atoms with Crippen molar-refractivity contribution in [3.63, 3.8) is 0 Å². The lowest BCUT2D eigenvalue weighted by Crippen LogP contribution is -2.61. The lowest BCUT2D eigenvalue weighted by atomic mass is 9.70. The number of non-ortho nitro benzene ring substituents is 1. The number of fused-ring (bicyclic) bond motifs is 8. The molecule has 1 saturated heterocycles. The first-order valence-electron chi connectivity index (χ1n) is 12.7. The Kier molecular flexibility index (Phi) is 5.70. The number of nitrogens with one attached hydrogen (secondary N) is 1. The highest BCUT2D eigenvalue weighted by molar-refractivity contribution is 5.82. The molecule has 4 atom stereocenters. The van der Waals surface area contributed by atoms with E-state index in [0.29, 0.717) is 32.5 Å². The molecule has 6 rings (SSSR count). The zero-order chi connectivity index (χ0) is 25.7. The monoisotopic (exact) mass is 500 g/mol. The van der Waals surface area contributed by atoms with Crippen molar-refractivity contribution in [2.24, 2.45) is 11.8 Å². The SMILES string of the molecule is O=C(NCCc1ccc(O)cc1)[C@@H]1Cc2cc([N+](=O)[O-])ccc2N2C[C@H]3C[C@@H](Cn4c3cccc4=O)[C@@H]12. The van der Waals surface area contributed by atoms with Crippen LogP contribution in [0.5, 0.6) is 5.75 Å². The molecule has 1 aromatic heterocycles. The molecule has 3 aliphatic heterocycles. The number of nitro benzene ring substituents is 1. The van der Waals surface area contributed by atoms with Crippen LogP contribution in [-0.2, 0) is 24.2 Å². The van der Waals surface area contributed by atoms with Crippen molar-refractivity contribution >= 4 is 17.3 Å². The fraction of sp³-hybridized carbons (Fsp3) is 0.357. The smallest absolute Gasteiger partial charge is 0.269 e. The van der Waals surface area contributed by atoms with Gasteiger partial charge in [-0.05, 0) is 60.6 Å². The molecular formula is C28H28N4O5. The molecule has 3 aliphatic rings. The molecule has 190 valence electrons. The second-order valence-electron chi connectivity index (χ2n) is 10.3. The molecule has 0 spiro atoms. The van der Waals surface area contributed by atoms with Crippen LogP contribution in [0.4, 0.5) is 11.4 Å². The molecule has 9 nitrogen and oxygen atoms in total. The van der Waals surface area contributed by atoms with E-state index >= 15 is 0 Å². The first kappa shape index (κ1) is 23.3. The first-order chi connectivity index (χ1) is 17.9. The minimum absolute atomic E-state index is 0.0117. The Labute approximate surface area is 213 Å². The highest BCUT2D eigenvalue weighted by atomic mass is 16.6. The Morgan fingerprint density at radius 3 is 2.70 bits per heavy atom. The van der Waals surface area contributed by atoms with Gasteiger partial charge in [-0.1, -0.05) is 18.2 Å². The Morgan fingerprint density at radius 2 is 1.92 bits per heavy atom. The standard InChI is InChI=1S/C28H28N4O5/c33-22-7-4-17(5-8-22)10-11-29-28(35)23-14-18-13-21(32(36)37)6-9-25(18)31-15-19-12-20(27(23)31)16-30-24(19)2-1-3-26(30)34/h1-9,13,19-20,23,27,33H,10-12,14-16H2,(H,29,35)/t19-,20+,23-,27+/m1/s1. The van der Waals surface area contributed by atoms with E-state index in [1.165, 1.54) is 6.07 Å². The summed E-state index contributed by atoms with van der Waals surface area (Å²) in [4.78, 5) is 39.6. The highest BCUT2D eigenvalue weighted by Gasteiger charge is 2.49. The Bertz CT molecular complexity index is 1430. The largest absolute Gasteiger partial charge is 0.508 e. The van der Waals surface area contributed by atoms with Gasteiger partial charge in [-0.25, -0.2) is 0 Å². The number of hydrogen-bond donors (Lipinski definition) is 2. The quantitative estimate of drug-likeness (QED) is 0.411. The van der Waals surface area contributed by atoms with Crippen LogP contribution in [0.1, 0.15) is 29.2 Å². The zero-order valence-electron chi connectivity index (χ0n) is 20.2. The van der Waals surface area contributed by atoms with Gasteiger partial charge in [-0.2, -0.15) is 0 Å². The fourth-order valence-electron chi connectivity index (χ4n) is 6.58. The summed E-state index contributed by atoms with van der Waals surface area (Å²) in [6.07, 6.45) is 1.95. The number of nitrogens with zero attached hydrogens (tertiary/aromatic N) is 3. The van der Waals surface area contributed by atoms with Gasteiger partial charge >= 0.3 is 0 Å². The van der Waals surface area contributed by atoms with E-state index in [0.717, 1.165) is 28.9 Å². The summed E-state index contributed by atoms with van der Waals surface area (Å²) in [5, 5.41) is 24.1. The van der Waals surface area contributed by atoms with Crippen molar-refractivity contribution in [1.82, 2.24) is 9.88 Å². The van der Waals surface area contributed by atoms with Crippen LogP contribution >= 0.6 is 0 Å². The van der Waals surface area contributed by atoms with Crippen LogP contribution in [0.15, 0.2) is 65.5 Å². The number of amides is 1. The number of hydrogen-bond acceptors (Lipinski definition) is 6. The topological polar surface area (TPSA) is 118 Å². The number of piperidine rings is 1. The number of phenols is 1. The van der Waals surface area contributed by atoms with Crippen molar-refractivity contribution in [3.05, 3.63) is 98.0 Å². The van der Waals surface area contributed by atoms with Crippen LogP contribution in [-0.4, -0.2) is 39.6 Å². The molecule has 0 aliphatic carbocycles. The van der Waals surface area contributed by atoms with Gasteiger partial charge in [-0.3, -0.25) is 19.7 Å². The number of aromatic hydroxyl groups is 1. The summed E-state index contributed by atoms with van der Waals surface area (Å²) in [7, 11) is 0. The number of carbonyl (C=O) groups is 1. The number of nitro groups is 1. The van der Waals surface area contributed by atoms with Gasteiger partial charge in [0.2, 0.25) is 5.91 Å². The summed E-state index contributed by atoms with van der Waals surface area (Å²) >= 11 is 0. The first-order valence-corrected chi connectivity index (χ1v) is 12.7. The summed E-state index contributed by atoms with van der Waals surface area (Å²) in [6, 6.07) is 17.2. The van der Waals surface area contributed by atoms with Crippen LogP contribution in [0, 0.1) is 22.0 Å². The van der Waals surface area contributed by atoms with E-state index < -0.39 is 4.92 Å². The van der Waals surface area contributed by atoms with Crippen molar-refractivity contribution < 1.29 is 14.8 Å². The van der Waals surface area contributed by atoms with Gasteiger partial charge in [0.25, 0.3) is 11.2 Å². The molecule has 1 amide bonds. The fourth-order valence-corrected chi connectivity index (χ4v) is 6.58. The molecule has 2 bridgehead atoms. The van der Waals surface area contributed by atoms with E-state index in [1.54, 1.807) is 30.3 Å². The maximum atomic E-state index is 13.6. The van der Waals surface area contributed by atoms with E-state index in [4.69, 9.17) is 0 Å². The van der Waals surface area contributed by atoms with Crippen molar-refractivity contribution in [2.45, 2.75) is 37.8 Å². The summed E-state index contributed by atoms with van der Waals surface area (Å²) < 4.78 is 1.86. The maximum absolute atomic E-state index is 13.6. The van der Waals surface area contributed by atoms with Gasteiger partial charge in [0.05, 0.1) is 10.8 Å². The maximum Gasteiger partial charge on any atom is 0.269 e. The van der Waals surface area contributed by atoms with Gasteiger partial charge in [0.15, 0.2) is 0 Å². The Hall–Kier alpha value is -4.14. The average Bonchev–Trinajstić information content (AvgIpc) is 2.89. The molecule has 37 heavy (non-hydrogen) atoms. The van der Waals surface area contributed by atoms with E-state index in [1.807, 2.05) is 28.8 Å². The zero-order valence-corrected chi connectivity index (χ0v) is 20.2. The molecule has 2 aromatic carbocycles. The molecule has 2 N–H and O–H groups in total. The Balaban J connectivity index is 1.31. The third-order valence-electron chi connectivity index (χ3n) is 8.19. The lowest BCUT2D eigenvalue weighted by molar-refractivity contribution is -0.384. The second-order valence-corrected chi connectivity index (χ2v) is 10.3. The lowest BCUT2D eigenvalue weighted by Gasteiger charge is -2.54. The van der Waals surface area contributed by atoms with Crippen molar-refractivity contribution in [2.75, 3.05) is 18.0 Å². The van der Waals surface area contributed by atoms with Crippen molar-refractivity contribution in [1.29, 1.82) is 0 Å². The number of benzene rings is 2. The molecule has 0 saturated carbocycles. The van der Waals surface area contributed by atoms with Gasteiger partial charge in [0.1, 0.15) is 5.75 Å². The highest BCUT2D eigenvalue weighted by Crippen LogP contribution is 2.47. The number of aromatic nitrogens is 1. The number of anilines is 1. The average molecular weight is 501 g/mol. The summed E-state index contributed by atoms with van der Waals surface area (Å²) in [5.41, 5.74) is 3.80. The number of rotatable bonds is 5.